The molecule has 6 heteroatoms. The van der Waals surface area contributed by atoms with Crippen molar-refractivity contribution in [3.05, 3.63) is 12.7 Å². The molecule has 0 amide bonds. The molecule has 1 saturated carbocycles. The van der Waals surface area contributed by atoms with Crippen LogP contribution in [0.1, 0.15) is 32.6 Å². The van der Waals surface area contributed by atoms with E-state index in [1.54, 1.807) is 12.7 Å². The second-order valence-corrected chi connectivity index (χ2v) is 4.90. The number of nitrogens with one attached hydrogen (secondary N) is 2. The van der Waals surface area contributed by atoms with E-state index < -0.39 is 0 Å². The van der Waals surface area contributed by atoms with E-state index in [1.165, 1.54) is 0 Å². The Morgan fingerprint density at radius 1 is 1.26 bits per heavy atom. The minimum atomic E-state index is 0.431. The number of nitrogens with zero attached hydrogens (tertiary/aromatic N) is 3. The number of hydrogen-bond donors (Lipinski definition) is 2. The van der Waals surface area contributed by atoms with E-state index in [-0.39, 0.29) is 0 Å². The zero-order valence-corrected chi connectivity index (χ0v) is 11.1. The summed E-state index contributed by atoms with van der Waals surface area (Å²) in [5, 5.41) is 3.49. The van der Waals surface area contributed by atoms with E-state index in [0.29, 0.717) is 17.8 Å². The van der Waals surface area contributed by atoms with Gasteiger partial charge in [0, 0.05) is 12.6 Å². The zero-order valence-electron chi connectivity index (χ0n) is 11.1. The van der Waals surface area contributed by atoms with Crippen molar-refractivity contribution < 1.29 is 4.74 Å². The van der Waals surface area contributed by atoms with E-state index >= 15 is 0 Å². The van der Waals surface area contributed by atoms with Crippen LogP contribution in [0.3, 0.4) is 0 Å². The van der Waals surface area contributed by atoms with Gasteiger partial charge in [-0.05, 0) is 32.6 Å². The van der Waals surface area contributed by atoms with Gasteiger partial charge >= 0.3 is 0 Å². The van der Waals surface area contributed by atoms with Gasteiger partial charge in [-0.1, -0.05) is 0 Å². The Morgan fingerprint density at radius 3 is 2.89 bits per heavy atom. The minimum Gasteiger partial charge on any atom is -0.379 e. The van der Waals surface area contributed by atoms with Crippen molar-refractivity contribution in [2.45, 2.75) is 44.8 Å². The van der Waals surface area contributed by atoms with Crippen LogP contribution in [0, 0.1) is 0 Å². The second kappa shape index (κ2) is 5.52. The van der Waals surface area contributed by atoms with E-state index in [2.05, 4.69) is 32.2 Å². The summed E-state index contributed by atoms with van der Waals surface area (Å²) in [5.74, 6) is 0.849. The molecule has 2 aromatic heterocycles. The molecule has 0 aromatic carbocycles. The Morgan fingerprint density at radius 2 is 2.11 bits per heavy atom. The molecule has 0 saturated heterocycles. The molecule has 0 spiro atoms. The first-order valence-electron chi connectivity index (χ1n) is 6.89. The number of imidazole rings is 1. The first kappa shape index (κ1) is 12.3. The molecule has 1 aliphatic rings. The lowest BCUT2D eigenvalue weighted by Crippen LogP contribution is -2.30. The average molecular weight is 261 g/mol. The lowest BCUT2D eigenvalue weighted by molar-refractivity contribution is 0.0346. The van der Waals surface area contributed by atoms with Crippen LogP contribution >= 0.6 is 0 Å². The summed E-state index contributed by atoms with van der Waals surface area (Å²) < 4.78 is 5.67. The number of aromatic nitrogens is 4. The highest BCUT2D eigenvalue weighted by molar-refractivity contribution is 5.82. The second-order valence-electron chi connectivity index (χ2n) is 4.90. The van der Waals surface area contributed by atoms with Gasteiger partial charge in [0.05, 0.1) is 12.4 Å². The lowest BCUT2D eigenvalue weighted by atomic mass is 9.93. The summed E-state index contributed by atoms with van der Waals surface area (Å²) in [4.78, 5) is 15.6. The van der Waals surface area contributed by atoms with Gasteiger partial charge in [-0.25, -0.2) is 15.0 Å². The van der Waals surface area contributed by atoms with Crippen LogP contribution < -0.4 is 5.32 Å². The molecule has 2 heterocycles. The van der Waals surface area contributed by atoms with Gasteiger partial charge in [0.1, 0.15) is 11.8 Å². The van der Waals surface area contributed by atoms with Crippen LogP contribution in [0.25, 0.3) is 11.2 Å². The molecule has 0 radical (unpaired) electrons. The highest BCUT2D eigenvalue weighted by Crippen LogP contribution is 2.25. The Kier molecular flexibility index (Phi) is 3.59. The molecule has 0 atom stereocenters. The first-order valence-corrected chi connectivity index (χ1v) is 6.89. The average Bonchev–Trinajstić information content (AvgIpc) is 2.91. The van der Waals surface area contributed by atoms with Crippen LogP contribution in [0.4, 0.5) is 5.82 Å². The summed E-state index contributed by atoms with van der Waals surface area (Å²) >= 11 is 0. The number of aromatic amines is 1. The Balaban J connectivity index is 1.65. The van der Waals surface area contributed by atoms with Crippen molar-refractivity contribution in [3.8, 4) is 0 Å². The van der Waals surface area contributed by atoms with Gasteiger partial charge in [-0.3, -0.25) is 0 Å². The monoisotopic (exact) mass is 261 g/mol. The van der Waals surface area contributed by atoms with Gasteiger partial charge in [0.25, 0.3) is 0 Å². The van der Waals surface area contributed by atoms with Crippen molar-refractivity contribution in [2.24, 2.45) is 0 Å². The molecule has 0 bridgehead atoms. The molecular weight excluding hydrogens is 242 g/mol. The predicted molar refractivity (Wildman–Crippen MR) is 73.0 cm³/mol. The van der Waals surface area contributed by atoms with Crippen LogP contribution in [-0.2, 0) is 4.74 Å². The number of anilines is 1. The fraction of sp³-hybridized carbons (Fsp3) is 0.615. The van der Waals surface area contributed by atoms with Crippen molar-refractivity contribution >= 4 is 17.0 Å². The van der Waals surface area contributed by atoms with Crippen molar-refractivity contribution in [1.29, 1.82) is 0 Å². The standard InChI is InChI=1S/C13H19N5O/c1-2-19-10-5-3-9(4-6-10)18-13-11-12(15-7-14-11)16-8-17-13/h7-10H,2-6H2,1H3,(H2,14,15,16,17,18). The van der Waals surface area contributed by atoms with Crippen molar-refractivity contribution in [2.75, 3.05) is 11.9 Å². The maximum absolute atomic E-state index is 5.67. The van der Waals surface area contributed by atoms with Crippen LogP contribution in [0.2, 0.25) is 0 Å². The lowest BCUT2D eigenvalue weighted by Gasteiger charge is -2.29. The molecule has 1 aliphatic carbocycles. The third kappa shape index (κ3) is 2.68. The molecular formula is C13H19N5O. The number of rotatable bonds is 4. The quantitative estimate of drug-likeness (QED) is 0.881. The Bertz CT molecular complexity index is 533. The molecule has 1 fully saturated rings. The van der Waals surface area contributed by atoms with Crippen LogP contribution in [0.5, 0.6) is 0 Å². The fourth-order valence-electron chi connectivity index (χ4n) is 2.68. The summed E-state index contributed by atoms with van der Waals surface area (Å²) in [7, 11) is 0. The fourth-order valence-corrected chi connectivity index (χ4v) is 2.68. The normalized spacial score (nSPS) is 23.6. The predicted octanol–water partition coefficient (Wildman–Crippen LogP) is 2.11. The van der Waals surface area contributed by atoms with E-state index in [1.807, 2.05) is 0 Å². The summed E-state index contributed by atoms with van der Waals surface area (Å²) in [6.45, 7) is 2.86. The zero-order chi connectivity index (χ0) is 13.1. The third-order valence-electron chi connectivity index (χ3n) is 3.64. The SMILES string of the molecule is CCOC1CCC(Nc2ncnc3nc[nH]c23)CC1. The van der Waals surface area contributed by atoms with Gasteiger partial charge in [-0.2, -0.15) is 0 Å². The molecule has 2 aromatic rings. The number of fused-ring (bicyclic) bond motifs is 1. The molecule has 6 nitrogen and oxygen atoms in total. The maximum Gasteiger partial charge on any atom is 0.182 e. The highest BCUT2D eigenvalue weighted by Gasteiger charge is 2.22. The molecule has 0 unspecified atom stereocenters. The smallest absolute Gasteiger partial charge is 0.182 e. The van der Waals surface area contributed by atoms with Gasteiger partial charge in [-0.15, -0.1) is 0 Å². The molecule has 19 heavy (non-hydrogen) atoms. The maximum atomic E-state index is 5.67. The van der Waals surface area contributed by atoms with Crippen molar-refractivity contribution in [3.63, 3.8) is 0 Å². The van der Waals surface area contributed by atoms with E-state index in [0.717, 1.165) is 43.6 Å². The molecule has 102 valence electrons. The Labute approximate surface area is 112 Å². The largest absolute Gasteiger partial charge is 0.379 e. The van der Waals surface area contributed by atoms with Gasteiger partial charge in [0.2, 0.25) is 0 Å². The first-order chi connectivity index (χ1) is 9.36. The van der Waals surface area contributed by atoms with Crippen molar-refractivity contribution in [1.82, 2.24) is 19.9 Å². The van der Waals surface area contributed by atoms with Gasteiger partial charge in [0.15, 0.2) is 11.5 Å². The van der Waals surface area contributed by atoms with Gasteiger partial charge < -0.3 is 15.0 Å². The van der Waals surface area contributed by atoms with Crippen LogP contribution in [-0.4, -0.2) is 38.7 Å². The number of hydrogen-bond acceptors (Lipinski definition) is 5. The number of ether oxygens (including phenoxy) is 1. The number of H-pyrrole nitrogens is 1. The Hall–Kier alpha value is -1.69. The van der Waals surface area contributed by atoms with E-state index in [4.69, 9.17) is 4.74 Å². The summed E-state index contributed by atoms with van der Waals surface area (Å²) in [5.41, 5.74) is 1.59. The topological polar surface area (TPSA) is 75.7 Å². The molecule has 3 rings (SSSR count). The molecule has 0 aliphatic heterocycles. The van der Waals surface area contributed by atoms with Crippen LogP contribution in [0.15, 0.2) is 12.7 Å². The minimum absolute atomic E-state index is 0.431. The summed E-state index contributed by atoms with van der Waals surface area (Å²) in [6.07, 6.45) is 8.09. The van der Waals surface area contributed by atoms with E-state index in [9.17, 15) is 0 Å². The summed E-state index contributed by atoms with van der Waals surface area (Å²) in [6, 6.07) is 0.457. The highest BCUT2D eigenvalue weighted by atomic mass is 16.5. The molecule has 2 N–H and O–H groups in total. The third-order valence-corrected chi connectivity index (χ3v) is 3.64.